The highest BCUT2D eigenvalue weighted by atomic mass is 32.2. The normalized spacial score (nSPS) is 20.9. The number of hydrogen-bond donors (Lipinski definition) is 2. The second-order valence-corrected chi connectivity index (χ2v) is 10.1. The number of hydrogen-bond acceptors (Lipinski definition) is 5. The van der Waals surface area contributed by atoms with E-state index in [9.17, 15) is 9.00 Å². The summed E-state index contributed by atoms with van der Waals surface area (Å²) in [5.74, 6) is 0.660. The lowest BCUT2D eigenvalue weighted by Crippen LogP contribution is -2.21. The first kappa shape index (κ1) is 20.5. The Labute approximate surface area is 181 Å². The van der Waals surface area contributed by atoms with Crippen LogP contribution in [0.4, 0.5) is 10.5 Å². The molecule has 166 valence electrons. The number of carbonyl (C=O) groups is 1. The van der Waals surface area contributed by atoms with Crippen molar-refractivity contribution >= 4 is 21.6 Å². The number of methoxy groups -OCH3 is 1. The van der Waals surface area contributed by atoms with Gasteiger partial charge in [0.2, 0.25) is 5.88 Å². The van der Waals surface area contributed by atoms with Gasteiger partial charge in [-0.05, 0) is 54.4 Å². The van der Waals surface area contributed by atoms with Gasteiger partial charge in [0.25, 0.3) is 0 Å². The van der Waals surface area contributed by atoms with Gasteiger partial charge in [0, 0.05) is 31.7 Å². The molecule has 1 aliphatic heterocycles. The number of urea groups is 1. The fraction of sp³-hybridized carbons (Fsp3) is 0.524. The van der Waals surface area contributed by atoms with Crippen LogP contribution in [0.5, 0.6) is 5.88 Å². The van der Waals surface area contributed by atoms with E-state index in [1.54, 1.807) is 11.8 Å². The van der Waals surface area contributed by atoms with E-state index in [-0.39, 0.29) is 4.90 Å². The first-order valence-corrected chi connectivity index (χ1v) is 12.3. The van der Waals surface area contributed by atoms with Gasteiger partial charge >= 0.3 is 6.03 Å². The number of rotatable bonds is 4. The average Bonchev–Trinajstić information content (AvgIpc) is 3.46. The molecular weight excluding hydrogens is 418 g/mol. The predicted octanol–water partition coefficient (Wildman–Crippen LogP) is 2.76. The van der Waals surface area contributed by atoms with Gasteiger partial charge in [-0.2, -0.15) is 5.10 Å². The Hall–Kier alpha value is -2.43. The molecule has 2 heterocycles. The van der Waals surface area contributed by atoms with Gasteiger partial charge in [-0.15, -0.1) is 4.36 Å². The van der Waals surface area contributed by atoms with E-state index in [4.69, 9.17) is 14.6 Å². The van der Waals surface area contributed by atoms with Crippen molar-refractivity contribution in [3.05, 3.63) is 34.5 Å². The molecule has 9 nitrogen and oxygen atoms in total. The number of ether oxygens (including phenoxy) is 2. The summed E-state index contributed by atoms with van der Waals surface area (Å²) in [6, 6.07) is 1.57. The van der Waals surface area contributed by atoms with Gasteiger partial charge < -0.3 is 14.8 Å². The third-order valence-corrected chi connectivity index (χ3v) is 7.72. The molecule has 3 aliphatic rings. The molecule has 5 rings (SSSR count). The Kier molecular flexibility index (Phi) is 5.23. The zero-order chi connectivity index (χ0) is 21.6. The summed E-state index contributed by atoms with van der Waals surface area (Å²) in [6.45, 7) is 1.81. The number of aryl methyl sites for hydroxylation is 2. The van der Waals surface area contributed by atoms with Crippen LogP contribution in [0.2, 0.25) is 0 Å². The maximum Gasteiger partial charge on any atom is 0.354 e. The molecule has 2 aliphatic carbocycles. The molecule has 0 spiro atoms. The maximum absolute atomic E-state index is 13.1. The van der Waals surface area contributed by atoms with Crippen molar-refractivity contribution < 1.29 is 18.5 Å². The molecule has 2 amide bonds. The van der Waals surface area contributed by atoms with Gasteiger partial charge in [0.1, 0.15) is 4.90 Å². The molecule has 2 atom stereocenters. The number of fused-ring (bicyclic) bond motifs is 3. The standard InChI is InChI=1S/C21H27N5O4S/c1-29-12-14-6-7-16-17(14)10-13-4-2-5-15(13)19(16)24-21(27)25-31(22,28)18-11-23-26-8-3-9-30-20(18)26/h10-11,14H,2-9,12H2,1H3,(H3,22,24,25,27,28)/t14-,31?/m0/s1. The summed E-state index contributed by atoms with van der Waals surface area (Å²) in [4.78, 5) is 13.0. The minimum absolute atomic E-state index is 0.158. The van der Waals surface area contributed by atoms with Gasteiger partial charge in [-0.1, -0.05) is 6.07 Å². The summed E-state index contributed by atoms with van der Waals surface area (Å²) < 4.78 is 29.6. The molecular formula is C21H27N5O4S. The molecule has 2 aromatic rings. The smallest absolute Gasteiger partial charge is 0.354 e. The molecule has 0 bridgehead atoms. The highest BCUT2D eigenvalue weighted by Gasteiger charge is 2.31. The Morgan fingerprint density at radius 2 is 2.26 bits per heavy atom. The quantitative estimate of drug-likeness (QED) is 0.750. The summed E-state index contributed by atoms with van der Waals surface area (Å²) >= 11 is 0. The molecule has 1 unspecified atom stereocenters. The maximum atomic E-state index is 13.1. The van der Waals surface area contributed by atoms with E-state index < -0.39 is 15.9 Å². The molecule has 1 aromatic heterocycles. The fourth-order valence-electron chi connectivity index (χ4n) is 4.99. The topological polar surface area (TPSA) is 121 Å². The Morgan fingerprint density at radius 3 is 3.10 bits per heavy atom. The molecule has 10 heteroatoms. The van der Waals surface area contributed by atoms with Gasteiger partial charge in [0.05, 0.1) is 19.4 Å². The third kappa shape index (κ3) is 3.62. The van der Waals surface area contributed by atoms with E-state index in [0.717, 1.165) is 55.3 Å². The largest absolute Gasteiger partial charge is 0.477 e. The number of benzene rings is 1. The second-order valence-electron chi connectivity index (χ2n) is 8.33. The van der Waals surface area contributed by atoms with Crippen molar-refractivity contribution in [3.8, 4) is 5.88 Å². The molecule has 0 saturated heterocycles. The van der Waals surface area contributed by atoms with Gasteiger partial charge in [-0.25, -0.2) is 18.8 Å². The lowest BCUT2D eigenvalue weighted by molar-refractivity contribution is 0.179. The van der Waals surface area contributed by atoms with Crippen molar-refractivity contribution in [1.29, 1.82) is 0 Å². The predicted molar refractivity (Wildman–Crippen MR) is 116 cm³/mol. The monoisotopic (exact) mass is 445 g/mol. The van der Waals surface area contributed by atoms with Crippen LogP contribution >= 0.6 is 0 Å². The molecule has 0 radical (unpaired) electrons. The first-order valence-electron chi connectivity index (χ1n) is 10.7. The van der Waals surface area contributed by atoms with Crippen LogP contribution in [-0.2, 0) is 40.5 Å². The van der Waals surface area contributed by atoms with Crippen LogP contribution in [0.15, 0.2) is 21.5 Å². The number of nitrogens with zero attached hydrogens (tertiary/aromatic N) is 3. The first-order chi connectivity index (χ1) is 15.0. The van der Waals surface area contributed by atoms with Crippen LogP contribution in [0.25, 0.3) is 0 Å². The van der Waals surface area contributed by atoms with Crippen molar-refractivity contribution in [2.45, 2.75) is 55.9 Å². The van der Waals surface area contributed by atoms with Crippen molar-refractivity contribution in [3.63, 3.8) is 0 Å². The number of nitrogens with two attached hydrogens (primary N) is 1. The molecule has 3 N–H and O–H groups in total. The zero-order valence-electron chi connectivity index (χ0n) is 17.6. The summed E-state index contributed by atoms with van der Waals surface area (Å²) in [5.41, 5.74) is 5.63. The Bertz CT molecular complexity index is 1170. The van der Waals surface area contributed by atoms with Crippen molar-refractivity contribution in [2.75, 3.05) is 25.6 Å². The second kappa shape index (κ2) is 7.92. The van der Waals surface area contributed by atoms with E-state index in [1.165, 1.54) is 17.3 Å². The zero-order valence-corrected chi connectivity index (χ0v) is 18.4. The van der Waals surface area contributed by atoms with Gasteiger partial charge in [-0.3, -0.25) is 0 Å². The summed E-state index contributed by atoms with van der Waals surface area (Å²) in [6.07, 6.45) is 7.01. The third-order valence-electron chi connectivity index (χ3n) is 6.37. The van der Waals surface area contributed by atoms with Crippen molar-refractivity contribution in [1.82, 2.24) is 9.78 Å². The number of anilines is 1. The van der Waals surface area contributed by atoms with Crippen LogP contribution in [0, 0.1) is 0 Å². The van der Waals surface area contributed by atoms with E-state index >= 15 is 0 Å². The highest BCUT2D eigenvalue weighted by molar-refractivity contribution is 7.91. The molecule has 1 aromatic carbocycles. The van der Waals surface area contributed by atoms with Crippen LogP contribution < -0.4 is 15.2 Å². The van der Waals surface area contributed by atoms with E-state index in [2.05, 4.69) is 20.8 Å². The highest BCUT2D eigenvalue weighted by Crippen LogP contribution is 2.43. The van der Waals surface area contributed by atoms with Crippen LogP contribution in [0.1, 0.15) is 47.4 Å². The molecule has 0 fully saturated rings. The minimum Gasteiger partial charge on any atom is -0.477 e. The summed E-state index contributed by atoms with van der Waals surface area (Å²) in [5, 5.41) is 13.1. The van der Waals surface area contributed by atoms with Crippen molar-refractivity contribution in [2.24, 2.45) is 9.50 Å². The Balaban J connectivity index is 1.48. The van der Waals surface area contributed by atoms with Gasteiger partial charge in [0.15, 0.2) is 9.92 Å². The SMILES string of the molecule is COC[C@@H]1CCc2c1cc1c(c2NC(=O)N=S(N)(=O)c2cnn3c2OCCC3)CCC1. The minimum atomic E-state index is -3.49. The van der Waals surface area contributed by atoms with E-state index in [1.807, 2.05) is 0 Å². The lowest BCUT2D eigenvalue weighted by Gasteiger charge is -2.17. The van der Waals surface area contributed by atoms with Crippen LogP contribution in [0.3, 0.4) is 0 Å². The average molecular weight is 446 g/mol. The molecule has 31 heavy (non-hydrogen) atoms. The van der Waals surface area contributed by atoms with Crippen LogP contribution in [-0.4, -0.2) is 40.3 Å². The Morgan fingerprint density at radius 1 is 1.39 bits per heavy atom. The number of nitrogens with one attached hydrogen (secondary N) is 1. The number of carbonyl (C=O) groups excluding carboxylic acids is 1. The summed E-state index contributed by atoms with van der Waals surface area (Å²) in [7, 11) is -1.78. The number of aromatic nitrogens is 2. The lowest BCUT2D eigenvalue weighted by atomic mass is 9.95. The van der Waals surface area contributed by atoms with E-state index in [0.29, 0.717) is 31.6 Å². The number of amides is 2. The molecule has 0 saturated carbocycles. The fourth-order valence-corrected chi connectivity index (χ4v) is 6.00.